The molecule has 0 spiro atoms. The molecule has 1 fully saturated rings. The fourth-order valence-corrected chi connectivity index (χ4v) is 4.44. The number of nitrogens with one attached hydrogen (secondary N) is 1. The molecule has 1 saturated heterocycles. The molecule has 1 aliphatic heterocycles. The van der Waals surface area contributed by atoms with Crippen molar-refractivity contribution >= 4 is 16.9 Å². The maximum atomic E-state index is 12.8. The number of aromatic nitrogens is 1. The van der Waals surface area contributed by atoms with E-state index in [1.54, 1.807) is 6.92 Å². The molecule has 0 aliphatic carbocycles. The Hall–Kier alpha value is -2.87. The summed E-state index contributed by atoms with van der Waals surface area (Å²) in [6.07, 6.45) is 1.74. The molecule has 0 unspecified atom stereocenters. The lowest BCUT2D eigenvalue weighted by molar-refractivity contribution is 0.0527. The standard InChI is InChI=1S/C27H34N2O5/c1-4-32-27(31)26-19(3)29(20-9-7-18(2)8-10-20)25-12-11-22(14-24(25)26)34-17-21(30)15-28-16-23-6-5-13-33-23/h7-12,14,21,23,28,30H,4-6,13,15-17H2,1-3H3/t21-,23+/m1/s1. The monoisotopic (exact) mass is 466 g/mol. The van der Waals surface area contributed by atoms with Gasteiger partial charge in [0.2, 0.25) is 0 Å². The third-order valence-electron chi connectivity index (χ3n) is 6.17. The number of aliphatic hydroxyl groups excluding tert-OH is 1. The normalized spacial score (nSPS) is 16.6. The van der Waals surface area contributed by atoms with Gasteiger partial charge in [-0.2, -0.15) is 0 Å². The Morgan fingerprint density at radius 3 is 2.74 bits per heavy atom. The average Bonchev–Trinajstić information content (AvgIpc) is 3.43. The van der Waals surface area contributed by atoms with Gasteiger partial charge in [-0.15, -0.1) is 0 Å². The maximum Gasteiger partial charge on any atom is 0.340 e. The largest absolute Gasteiger partial charge is 0.491 e. The van der Waals surface area contributed by atoms with Gasteiger partial charge in [0, 0.05) is 36.5 Å². The van der Waals surface area contributed by atoms with Crippen molar-refractivity contribution in [1.29, 1.82) is 0 Å². The van der Waals surface area contributed by atoms with E-state index >= 15 is 0 Å². The van der Waals surface area contributed by atoms with Crippen LogP contribution in [0, 0.1) is 13.8 Å². The second-order valence-electron chi connectivity index (χ2n) is 8.79. The fraction of sp³-hybridized carbons (Fsp3) is 0.444. The van der Waals surface area contributed by atoms with Gasteiger partial charge in [0.25, 0.3) is 0 Å². The van der Waals surface area contributed by atoms with Gasteiger partial charge in [0.05, 0.1) is 23.8 Å². The minimum atomic E-state index is -0.652. The summed E-state index contributed by atoms with van der Waals surface area (Å²) in [5.74, 6) is 0.239. The summed E-state index contributed by atoms with van der Waals surface area (Å²) in [5.41, 5.74) is 4.39. The molecule has 0 saturated carbocycles. The zero-order chi connectivity index (χ0) is 24.1. The number of carbonyl (C=O) groups excluding carboxylic acids is 1. The molecular formula is C27H34N2O5. The number of rotatable bonds is 10. The lowest BCUT2D eigenvalue weighted by atomic mass is 10.1. The van der Waals surface area contributed by atoms with Crippen LogP contribution in [-0.2, 0) is 9.47 Å². The highest BCUT2D eigenvalue weighted by Gasteiger charge is 2.22. The highest BCUT2D eigenvalue weighted by Crippen LogP contribution is 2.32. The van der Waals surface area contributed by atoms with Crippen LogP contribution in [0.4, 0.5) is 0 Å². The first-order chi connectivity index (χ1) is 16.5. The number of aryl methyl sites for hydroxylation is 1. The lowest BCUT2D eigenvalue weighted by Gasteiger charge is -2.15. The minimum absolute atomic E-state index is 0.149. The first-order valence-electron chi connectivity index (χ1n) is 12.0. The van der Waals surface area contributed by atoms with E-state index in [-0.39, 0.29) is 18.7 Å². The lowest BCUT2D eigenvalue weighted by Crippen LogP contribution is -2.35. The van der Waals surface area contributed by atoms with E-state index in [9.17, 15) is 9.90 Å². The number of benzene rings is 2. The van der Waals surface area contributed by atoms with Gasteiger partial charge in [0.1, 0.15) is 18.5 Å². The summed E-state index contributed by atoms with van der Waals surface area (Å²) in [6, 6.07) is 13.9. The number of hydrogen-bond donors (Lipinski definition) is 2. The van der Waals surface area contributed by atoms with Crippen molar-refractivity contribution in [2.45, 2.75) is 45.8 Å². The summed E-state index contributed by atoms with van der Waals surface area (Å²) >= 11 is 0. The summed E-state index contributed by atoms with van der Waals surface area (Å²) in [6.45, 7) is 8.21. The Labute approximate surface area is 200 Å². The van der Waals surface area contributed by atoms with Crippen LogP contribution in [0.1, 0.15) is 41.4 Å². The Morgan fingerprint density at radius 2 is 2.03 bits per heavy atom. The predicted octanol–water partition coefficient (Wildman–Crippen LogP) is 3.93. The first-order valence-corrected chi connectivity index (χ1v) is 12.0. The van der Waals surface area contributed by atoms with Crippen molar-refractivity contribution in [2.24, 2.45) is 0 Å². The number of aliphatic hydroxyl groups is 1. The van der Waals surface area contributed by atoms with Gasteiger partial charge in [0.15, 0.2) is 0 Å². The summed E-state index contributed by atoms with van der Waals surface area (Å²) in [7, 11) is 0. The van der Waals surface area contributed by atoms with E-state index in [2.05, 4.69) is 22.0 Å². The number of ether oxygens (including phenoxy) is 3. The van der Waals surface area contributed by atoms with Crippen LogP contribution in [0.5, 0.6) is 5.75 Å². The zero-order valence-corrected chi connectivity index (χ0v) is 20.2. The van der Waals surface area contributed by atoms with Crippen molar-refractivity contribution in [3.8, 4) is 11.4 Å². The van der Waals surface area contributed by atoms with Crippen LogP contribution in [0.15, 0.2) is 42.5 Å². The number of carbonyl (C=O) groups is 1. The molecule has 7 nitrogen and oxygen atoms in total. The van der Waals surface area contributed by atoms with Crippen LogP contribution >= 0.6 is 0 Å². The first kappa shape index (κ1) is 24.3. The molecule has 1 aromatic heterocycles. The smallest absolute Gasteiger partial charge is 0.340 e. The second-order valence-corrected chi connectivity index (χ2v) is 8.79. The highest BCUT2D eigenvalue weighted by molar-refractivity contribution is 6.07. The highest BCUT2D eigenvalue weighted by atomic mass is 16.5. The summed E-state index contributed by atoms with van der Waals surface area (Å²) in [4.78, 5) is 12.8. The Morgan fingerprint density at radius 1 is 1.24 bits per heavy atom. The number of esters is 1. The van der Waals surface area contributed by atoms with Crippen LogP contribution in [0.3, 0.4) is 0 Å². The van der Waals surface area contributed by atoms with Crippen molar-refractivity contribution in [3.63, 3.8) is 0 Å². The molecule has 2 N–H and O–H groups in total. The topological polar surface area (TPSA) is 82.0 Å². The van der Waals surface area contributed by atoms with E-state index in [4.69, 9.17) is 14.2 Å². The molecule has 7 heteroatoms. The average molecular weight is 467 g/mol. The van der Waals surface area contributed by atoms with Gasteiger partial charge >= 0.3 is 5.97 Å². The molecule has 3 aromatic rings. The molecule has 2 aromatic carbocycles. The van der Waals surface area contributed by atoms with E-state index in [0.717, 1.165) is 48.3 Å². The van der Waals surface area contributed by atoms with Crippen LogP contribution in [-0.4, -0.2) is 60.8 Å². The number of nitrogens with zero attached hydrogens (tertiary/aromatic N) is 1. The molecule has 0 radical (unpaired) electrons. The Bertz CT molecular complexity index is 1120. The van der Waals surface area contributed by atoms with Crippen LogP contribution < -0.4 is 10.1 Å². The summed E-state index contributed by atoms with van der Waals surface area (Å²) in [5, 5.41) is 14.3. The van der Waals surface area contributed by atoms with Crippen LogP contribution in [0.25, 0.3) is 16.6 Å². The predicted molar refractivity (Wildman–Crippen MR) is 132 cm³/mol. The van der Waals surface area contributed by atoms with E-state index in [0.29, 0.717) is 24.5 Å². The van der Waals surface area contributed by atoms with Gasteiger partial charge in [-0.1, -0.05) is 17.7 Å². The Kier molecular flexibility index (Phi) is 7.88. The number of hydrogen-bond acceptors (Lipinski definition) is 6. The summed E-state index contributed by atoms with van der Waals surface area (Å²) < 4.78 is 18.9. The molecule has 2 heterocycles. The fourth-order valence-electron chi connectivity index (χ4n) is 4.44. The maximum absolute atomic E-state index is 12.8. The third-order valence-corrected chi connectivity index (χ3v) is 6.17. The van der Waals surface area contributed by atoms with Crippen molar-refractivity contribution < 1.29 is 24.1 Å². The zero-order valence-electron chi connectivity index (χ0n) is 20.2. The molecule has 34 heavy (non-hydrogen) atoms. The van der Waals surface area contributed by atoms with E-state index in [1.165, 1.54) is 5.56 Å². The van der Waals surface area contributed by atoms with Gasteiger partial charge in [-0.3, -0.25) is 0 Å². The minimum Gasteiger partial charge on any atom is -0.491 e. The van der Waals surface area contributed by atoms with E-state index < -0.39 is 6.10 Å². The van der Waals surface area contributed by atoms with Crippen molar-refractivity contribution in [1.82, 2.24) is 9.88 Å². The second kappa shape index (κ2) is 11.0. The third kappa shape index (κ3) is 5.43. The molecule has 2 atom stereocenters. The SMILES string of the molecule is CCOC(=O)c1c(C)n(-c2ccc(C)cc2)c2ccc(OC[C@H](O)CNC[C@@H]3CCCO3)cc12. The van der Waals surface area contributed by atoms with Gasteiger partial charge in [-0.25, -0.2) is 4.79 Å². The quantitative estimate of drug-likeness (QED) is 0.441. The number of fused-ring (bicyclic) bond motifs is 1. The molecule has 1 aliphatic rings. The van der Waals surface area contributed by atoms with Gasteiger partial charge < -0.3 is 29.2 Å². The molecule has 0 bridgehead atoms. The molecule has 4 rings (SSSR count). The molecular weight excluding hydrogens is 432 g/mol. The van der Waals surface area contributed by atoms with Crippen molar-refractivity contribution in [3.05, 3.63) is 59.3 Å². The molecule has 0 amide bonds. The van der Waals surface area contributed by atoms with Gasteiger partial charge in [-0.05, 0) is 63.9 Å². The van der Waals surface area contributed by atoms with E-state index in [1.807, 2.05) is 44.2 Å². The van der Waals surface area contributed by atoms with Crippen LogP contribution in [0.2, 0.25) is 0 Å². The molecule has 182 valence electrons. The van der Waals surface area contributed by atoms with Crippen molar-refractivity contribution in [2.75, 3.05) is 32.9 Å². The Balaban J connectivity index is 1.53.